The van der Waals surface area contributed by atoms with Gasteiger partial charge in [0.2, 0.25) is 0 Å². The standard InChI is InChI=1S/C28H25N5O3/c34-26(23-9-5-13-33(28(23)36)17-20-6-2-1-3-7-20)30-12-4-8-19-10-11-22-24(15-21-16-29-18-31-21)27(35)32-25(22)14-19/h1-3,5-7,9-11,13-16,18H,4,8,12,17H2,(H,29,31)(H,30,34)(H,32,35)/b24-15+. The Kier molecular flexibility index (Phi) is 6.57. The number of nitrogens with one attached hydrogen (secondary N) is 3. The molecule has 0 fully saturated rings. The van der Waals surface area contributed by atoms with E-state index >= 15 is 0 Å². The van der Waals surface area contributed by atoms with Crippen molar-refractivity contribution in [2.45, 2.75) is 19.4 Å². The summed E-state index contributed by atoms with van der Waals surface area (Å²) in [6.07, 6.45) is 8.15. The summed E-state index contributed by atoms with van der Waals surface area (Å²) in [5.41, 5.74) is 4.75. The highest BCUT2D eigenvalue weighted by Crippen LogP contribution is 2.33. The maximum absolute atomic E-state index is 12.8. The van der Waals surface area contributed by atoms with E-state index in [0.29, 0.717) is 30.8 Å². The van der Waals surface area contributed by atoms with E-state index in [1.165, 1.54) is 4.57 Å². The smallest absolute Gasteiger partial charge is 0.263 e. The molecule has 0 radical (unpaired) electrons. The predicted octanol–water partition coefficient (Wildman–Crippen LogP) is 3.48. The molecule has 8 nitrogen and oxygen atoms in total. The predicted molar refractivity (Wildman–Crippen MR) is 138 cm³/mol. The van der Waals surface area contributed by atoms with Crippen LogP contribution in [0.5, 0.6) is 0 Å². The van der Waals surface area contributed by atoms with Crippen LogP contribution in [0.3, 0.4) is 0 Å². The number of aryl methyl sites for hydroxylation is 1. The Balaban J connectivity index is 1.17. The zero-order valence-electron chi connectivity index (χ0n) is 19.5. The van der Waals surface area contributed by atoms with Crippen molar-refractivity contribution in [1.29, 1.82) is 0 Å². The lowest BCUT2D eigenvalue weighted by molar-refractivity contribution is -0.110. The van der Waals surface area contributed by atoms with Crippen molar-refractivity contribution >= 4 is 29.2 Å². The van der Waals surface area contributed by atoms with E-state index in [1.54, 1.807) is 36.9 Å². The molecule has 36 heavy (non-hydrogen) atoms. The quantitative estimate of drug-likeness (QED) is 0.266. The first-order valence-electron chi connectivity index (χ1n) is 11.8. The number of imidazole rings is 1. The van der Waals surface area contributed by atoms with E-state index in [2.05, 4.69) is 20.6 Å². The van der Waals surface area contributed by atoms with Gasteiger partial charge in [-0.25, -0.2) is 4.98 Å². The normalized spacial score (nSPS) is 13.4. The molecule has 180 valence electrons. The molecule has 3 heterocycles. The summed E-state index contributed by atoms with van der Waals surface area (Å²) in [4.78, 5) is 44.9. The first-order chi connectivity index (χ1) is 17.6. The van der Waals surface area contributed by atoms with Crippen LogP contribution in [0.15, 0.2) is 84.2 Å². The van der Waals surface area contributed by atoms with Crippen LogP contribution in [0.1, 0.15) is 39.2 Å². The van der Waals surface area contributed by atoms with E-state index in [0.717, 1.165) is 28.8 Å². The van der Waals surface area contributed by atoms with Crippen molar-refractivity contribution in [3.05, 3.63) is 118 Å². The van der Waals surface area contributed by atoms with Gasteiger partial charge >= 0.3 is 0 Å². The van der Waals surface area contributed by atoms with E-state index < -0.39 is 0 Å². The number of rotatable bonds is 8. The Bertz CT molecular complexity index is 1490. The highest BCUT2D eigenvalue weighted by molar-refractivity contribution is 6.34. The van der Waals surface area contributed by atoms with Crippen LogP contribution >= 0.6 is 0 Å². The second-order valence-electron chi connectivity index (χ2n) is 8.59. The van der Waals surface area contributed by atoms with Gasteiger partial charge < -0.3 is 20.2 Å². The number of benzene rings is 2. The molecule has 2 aromatic carbocycles. The van der Waals surface area contributed by atoms with E-state index in [-0.39, 0.29) is 22.9 Å². The van der Waals surface area contributed by atoms with Gasteiger partial charge in [-0.15, -0.1) is 0 Å². The minimum atomic E-state index is -0.378. The molecule has 0 atom stereocenters. The summed E-state index contributed by atoms with van der Waals surface area (Å²) in [5.74, 6) is -0.532. The van der Waals surface area contributed by atoms with Gasteiger partial charge in [0.15, 0.2) is 0 Å². The summed E-state index contributed by atoms with van der Waals surface area (Å²) in [7, 11) is 0. The molecular formula is C28H25N5O3. The van der Waals surface area contributed by atoms with Gasteiger partial charge in [0.1, 0.15) is 5.56 Å². The molecule has 3 N–H and O–H groups in total. The molecular weight excluding hydrogens is 454 g/mol. The number of anilines is 1. The number of fused-ring (bicyclic) bond motifs is 1. The van der Waals surface area contributed by atoms with Crippen molar-refractivity contribution in [2.75, 3.05) is 11.9 Å². The molecule has 5 rings (SSSR count). The number of aromatic amines is 1. The fourth-order valence-electron chi connectivity index (χ4n) is 4.24. The molecule has 4 aromatic rings. The average molecular weight is 480 g/mol. The van der Waals surface area contributed by atoms with Crippen molar-refractivity contribution < 1.29 is 9.59 Å². The summed E-state index contributed by atoms with van der Waals surface area (Å²) in [6, 6.07) is 18.8. The minimum Gasteiger partial charge on any atom is -0.352 e. The maximum Gasteiger partial charge on any atom is 0.263 e. The average Bonchev–Trinajstić information content (AvgIpc) is 3.51. The number of pyridine rings is 1. The summed E-state index contributed by atoms with van der Waals surface area (Å²) >= 11 is 0. The van der Waals surface area contributed by atoms with Crippen molar-refractivity contribution in [3.8, 4) is 0 Å². The van der Waals surface area contributed by atoms with Crippen molar-refractivity contribution in [3.63, 3.8) is 0 Å². The molecule has 1 aliphatic heterocycles. The summed E-state index contributed by atoms with van der Waals surface area (Å²) in [6.45, 7) is 0.841. The van der Waals surface area contributed by atoms with Gasteiger partial charge in [-0.3, -0.25) is 14.4 Å². The molecule has 0 aliphatic carbocycles. The van der Waals surface area contributed by atoms with Gasteiger partial charge in [-0.05, 0) is 48.2 Å². The van der Waals surface area contributed by atoms with Crippen LogP contribution in [0, 0.1) is 0 Å². The van der Waals surface area contributed by atoms with Crippen molar-refractivity contribution in [1.82, 2.24) is 19.9 Å². The number of carbonyl (C=O) groups is 2. The summed E-state index contributed by atoms with van der Waals surface area (Å²) in [5, 5.41) is 5.76. The monoisotopic (exact) mass is 479 g/mol. The van der Waals surface area contributed by atoms with Gasteiger partial charge in [0.05, 0.1) is 24.1 Å². The SMILES string of the molecule is O=C1Nc2cc(CCCNC(=O)c3cccn(Cc4ccccc4)c3=O)ccc2/C1=C\c1c[nH]cn1. The van der Waals surface area contributed by atoms with Gasteiger partial charge in [0, 0.05) is 30.2 Å². The number of carbonyl (C=O) groups excluding carboxylic acids is 2. The lowest BCUT2D eigenvalue weighted by atomic mass is 10.0. The maximum atomic E-state index is 12.8. The largest absolute Gasteiger partial charge is 0.352 e. The number of nitrogens with zero attached hydrogens (tertiary/aromatic N) is 2. The van der Waals surface area contributed by atoms with Crippen LogP contribution in [-0.2, 0) is 17.8 Å². The second kappa shape index (κ2) is 10.3. The lowest BCUT2D eigenvalue weighted by Crippen LogP contribution is -2.33. The van der Waals surface area contributed by atoms with Crippen LogP contribution in [0.2, 0.25) is 0 Å². The lowest BCUT2D eigenvalue weighted by Gasteiger charge is -2.09. The zero-order chi connectivity index (χ0) is 24.9. The number of amides is 2. The Morgan fingerprint density at radius 1 is 1.03 bits per heavy atom. The molecule has 0 saturated heterocycles. The molecule has 0 unspecified atom stereocenters. The molecule has 0 spiro atoms. The Morgan fingerprint density at radius 3 is 2.69 bits per heavy atom. The van der Waals surface area contributed by atoms with Gasteiger partial charge in [-0.2, -0.15) is 0 Å². The summed E-state index contributed by atoms with van der Waals surface area (Å²) < 4.78 is 1.54. The first kappa shape index (κ1) is 23.0. The first-order valence-corrected chi connectivity index (χ1v) is 11.8. The number of hydrogen-bond donors (Lipinski definition) is 3. The Morgan fingerprint density at radius 2 is 1.89 bits per heavy atom. The third-order valence-electron chi connectivity index (χ3n) is 6.07. The van der Waals surface area contributed by atoms with Gasteiger partial charge in [0.25, 0.3) is 17.4 Å². The molecule has 0 saturated carbocycles. The van der Waals surface area contributed by atoms with E-state index in [1.807, 2.05) is 48.5 Å². The highest BCUT2D eigenvalue weighted by atomic mass is 16.2. The minimum absolute atomic E-state index is 0.130. The number of aromatic nitrogens is 3. The number of hydrogen-bond acceptors (Lipinski definition) is 4. The van der Waals surface area contributed by atoms with Crippen molar-refractivity contribution in [2.24, 2.45) is 0 Å². The second-order valence-corrected chi connectivity index (χ2v) is 8.59. The van der Waals surface area contributed by atoms with Crippen LogP contribution in [0.25, 0.3) is 11.6 Å². The highest BCUT2D eigenvalue weighted by Gasteiger charge is 2.24. The number of H-pyrrole nitrogens is 1. The fourth-order valence-corrected chi connectivity index (χ4v) is 4.24. The van der Waals surface area contributed by atoms with Gasteiger partial charge in [-0.1, -0.05) is 42.5 Å². The molecule has 8 heteroatoms. The fraction of sp³-hybridized carbons (Fsp3) is 0.143. The van der Waals surface area contributed by atoms with E-state index in [9.17, 15) is 14.4 Å². The Labute approximate surface area is 207 Å². The molecule has 2 aromatic heterocycles. The molecule has 2 amide bonds. The zero-order valence-corrected chi connectivity index (χ0v) is 19.5. The van der Waals surface area contributed by atoms with Crippen LogP contribution in [0.4, 0.5) is 5.69 Å². The third kappa shape index (κ3) is 5.02. The van der Waals surface area contributed by atoms with Crippen LogP contribution < -0.4 is 16.2 Å². The van der Waals surface area contributed by atoms with Crippen LogP contribution in [-0.4, -0.2) is 32.9 Å². The van der Waals surface area contributed by atoms with E-state index in [4.69, 9.17) is 0 Å². The third-order valence-corrected chi connectivity index (χ3v) is 6.07. The molecule has 1 aliphatic rings. The molecule has 0 bridgehead atoms. The Hall–Kier alpha value is -4.72. The topological polar surface area (TPSA) is 109 Å².